The molecule has 0 radical (unpaired) electrons. The molecule has 0 aromatic heterocycles. The first-order valence-electron chi connectivity index (χ1n) is 8.54. The van der Waals surface area contributed by atoms with Crippen molar-refractivity contribution in [1.82, 2.24) is 15.5 Å². The van der Waals surface area contributed by atoms with Crippen molar-refractivity contribution in [3.8, 4) is 0 Å². The average Bonchev–Trinajstić information content (AvgIpc) is 2.58. The molecule has 0 unspecified atom stereocenters. The van der Waals surface area contributed by atoms with E-state index >= 15 is 0 Å². The van der Waals surface area contributed by atoms with E-state index in [1.165, 1.54) is 31.4 Å². The molecular weight excluding hydrogens is 307 g/mol. The number of rotatable bonds is 5. The van der Waals surface area contributed by atoms with Crippen LogP contribution in [-0.4, -0.2) is 43.4 Å². The van der Waals surface area contributed by atoms with Crippen LogP contribution in [0.3, 0.4) is 0 Å². The quantitative estimate of drug-likeness (QED) is 0.642. The van der Waals surface area contributed by atoms with Crippen LogP contribution in [0, 0.1) is 5.82 Å². The Morgan fingerprint density at radius 1 is 1.25 bits per heavy atom. The second kappa shape index (κ2) is 9.25. The molecule has 0 atom stereocenters. The Kier molecular flexibility index (Phi) is 7.03. The Morgan fingerprint density at radius 2 is 1.92 bits per heavy atom. The lowest BCUT2D eigenvalue weighted by atomic mass is 9.95. The number of amides is 1. The molecule has 2 N–H and O–H groups in total. The highest BCUT2D eigenvalue weighted by Crippen LogP contribution is 2.17. The predicted molar refractivity (Wildman–Crippen MR) is 94.2 cm³/mol. The number of hydrogen-bond donors (Lipinski definition) is 2. The molecule has 0 spiro atoms. The van der Waals surface area contributed by atoms with E-state index in [2.05, 4.69) is 15.6 Å². The van der Waals surface area contributed by atoms with Gasteiger partial charge in [0.25, 0.3) is 0 Å². The van der Waals surface area contributed by atoms with Crippen molar-refractivity contribution in [1.29, 1.82) is 0 Å². The number of benzene rings is 1. The van der Waals surface area contributed by atoms with Gasteiger partial charge in [0, 0.05) is 26.7 Å². The van der Waals surface area contributed by atoms with Crippen LogP contribution < -0.4 is 10.6 Å². The van der Waals surface area contributed by atoms with Crippen molar-refractivity contribution in [2.75, 3.05) is 20.6 Å². The fourth-order valence-corrected chi connectivity index (χ4v) is 3.01. The normalized spacial score (nSPS) is 15.9. The summed E-state index contributed by atoms with van der Waals surface area (Å²) < 4.78 is 13.0. The van der Waals surface area contributed by atoms with E-state index in [-0.39, 0.29) is 18.3 Å². The average molecular weight is 334 g/mol. The molecule has 1 aromatic rings. The van der Waals surface area contributed by atoms with Crippen molar-refractivity contribution in [2.45, 2.75) is 44.7 Å². The first-order chi connectivity index (χ1) is 11.6. The molecular formula is C18H27FN4O. The van der Waals surface area contributed by atoms with Gasteiger partial charge in [-0.15, -0.1) is 0 Å². The zero-order chi connectivity index (χ0) is 17.4. The minimum atomic E-state index is -0.247. The van der Waals surface area contributed by atoms with Gasteiger partial charge in [0.05, 0.1) is 6.54 Å². The minimum absolute atomic E-state index is 0.00164. The lowest BCUT2D eigenvalue weighted by molar-refractivity contribution is -0.120. The number of aliphatic imine (C=N–C) groups is 1. The van der Waals surface area contributed by atoms with Crippen LogP contribution in [0.4, 0.5) is 4.39 Å². The zero-order valence-electron chi connectivity index (χ0n) is 14.5. The van der Waals surface area contributed by atoms with Crippen LogP contribution in [0.15, 0.2) is 29.3 Å². The maximum Gasteiger partial charge on any atom is 0.239 e. The van der Waals surface area contributed by atoms with Gasteiger partial charge in [-0.3, -0.25) is 9.79 Å². The third-order valence-corrected chi connectivity index (χ3v) is 4.28. The summed E-state index contributed by atoms with van der Waals surface area (Å²) in [4.78, 5) is 18.2. The molecule has 132 valence electrons. The van der Waals surface area contributed by atoms with Gasteiger partial charge in [0.1, 0.15) is 5.82 Å². The van der Waals surface area contributed by atoms with Gasteiger partial charge in [-0.2, -0.15) is 0 Å². The molecule has 0 aliphatic heterocycles. The van der Waals surface area contributed by atoms with E-state index in [0.717, 1.165) is 18.4 Å². The van der Waals surface area contributed by atoms with Crippen LogP contribution >= 0.6 is 0 Å². The zero-order valence-corrected chi connectivity index (χ0v) is 14.5. The Bertz CT molecular complexity index is 553. The molecule has 5 nitrogen and oxygen atoms in total. The fourth-order valence-electron chi connectivity index (χ4n) is 3.01. The van der Waals surface area contributed by atoms with Crippen molar-refractivity contribution < 1.29 is 9.18 Å². The van der Waals surface area contributed by atoms with E-state index < -0.39 is 0 Å². The lowest BCUT2D eigenvalue weighted by Crippen LogP contribution is -2.46. The summed E-state index contributed by atoms with van der Waals surface area (Å²) in [7, 11) is 3.57. The Morgan fingerprint density at radius 3 is 2.54 bits per heavy atom. The van der Waals surface area contributed by atoms with E-state index in [1.54, 1.807) is 19.2 Å². The monoisotopic (exact) mass is 334 g/mol. The number of nitrogens with one attached hydrogen (secondary N) is 2. The summed E-state index contributed by atoms with van der Waals surface area (Å²) in [6.45, 7) is 0.793. The van der Waals surface area contributed by atoms with Crippen LogP contribution in [0.2, 0.25) is 0 Å². The van der Waals surface area contributed by atoms with Gasteiger partial charge in [0.2, 0.25) is 5.91 Å². The third kappa shape index (κ3) is 5.83. The summed E-state index contributed by atoms with van der Waals surface area (Å²) in [5, 5.41) is 6.16. The summed E-state index contributed by atoms with van der Waals surface area (Å²) in [5.74, 6) is 0.389. The second-order valence-corrected chi connectivity index (χ2v) is 6.29. The Labute approximate surface area is 143 Å². The molecule has 6 heteroatoms. The van der Waals surface area contributed by atoms with Crippen LogP contribution in [0.25, 0.3) is 0 Å². The molecule has 1 saturated carbocycles. The maximum absolute atomic E-state index is 13.0. The number of guanidine groups is 1. The topological polar surface area (TPSA) is 56.7 Å². The largest absolute Gasteiger partial charge is 0.352 e. The molecule has 1 aromatic carbocycles. The van der Waals surface area contributed by atoms with E-state index in [4.69, 9.17) is 0 Å². The molecule has 2 rings (SSSR count). The van der Waals surface area contributed by atoms with Crippen LogP contribution in [-0.2, 0) is 11.3 Å². The molecule has 0 bridgehead atoms. The number of hydrogen-bond acceptors (Lipinski definition) is 2. The van der Waals surface area contributed by atoms with E-state index in [0.29, 0.717) is 18.5 Å². The first kappa shape index (κ1) is 18.2. The first-order valence-corrected chi connectivity index (χ1v) is 8.54. The van der Waals surface area contributed by atoms with Gasteiger partial charge in [0.15, 0.2) is 5.96 Å². The highest BCUT2D eigenvalue weighted by atomic mass is 19.1. The van der Waals surface area contributed by atoms with Crippen molar-refractivity contribution in [2.24, 2.45) is 4.99 Å². The molecule has 1 aliphatic carbocycles. The molecule has 1 fully saturated rings. The highest BCUT2D eigenvalue weighted by Gasteiger charge is 2.16. The van der Waals surface area contributed by atoms with Gasteiger partial charge in [-0.05, 0) is 30.5 Å². The number of halogens is 1. The summed E-state index contributed by atoms with van der Waals surface area (Å²) in [6, 6.07) is 6.68. The Hall–Kier alpha value is -2.11. The lowest BCUT2D eigenvalue weighted by Gasteiger charge is -2.24. The van der Waals surface area contributed by atoms with Gasteiger partial charge < -0.3 is 15.5 Å². The van der Waals surface area contributed by atoms with Gasteiger partial charge >= 0.3 is 0 Å². The predicted octanol–water partition coefficient (Wildman–Crippen LogP) is 2.28. The van der Waals surface area contributed by atoms with Crippen LogP contribution in [0.5, 0.6) is 0 Å². The van der Waals surface area contributed by atoms with Crippen molar-refractivity contribution in [3.63, 3.8) is 0 Å². The number of carbonyl (C=O) groups excluding carboxylic acids is 1. The molecule has 0 saturated heterocycles. The molecule has 1 amide bonds. The maximum atomic E-state index is 13.0. The van der Waals surface area contributed by atoms with Crippen molar-refractivity contribution in [3.05, 3.63) is 35.6 Å². The molecule has 0 heterocycles. The second-order valence-electron chi connectivity index (χ2n) is 6.29. The van der Waals surface area contributed by atoms with Crippen LogP contribution in [0.1, 0.15) is 37.7 Å². The fraction of sp³-hybridized carbons (Fsp3) is 0.556. The molecule has 24 heavy (non-hydrogen) atoms. The summed E-state index contributed by atoms with van der Waals surface area (Å²) in [5.41, 5.74) is 0.980. The smallest absolute Gasteiger partial charge is 0.239 e. The van der Waals surface area contributed by atoms with Gasteiger partial charge in [-0.25, -0.2) is 4.39 Å². The number of nitrogens with zero attached hydrogens (tertiary/aromatic N) is 2. The molecule has 1 aliphatic rings. The van der Waals surface area contributed by atoms with Crippen molar-refractivity contribution >= 4 is 11.9 Å². The SMILES string of the molecule is CN=C(NCC(=O)NC1CCCCC1)N(C)Cc1ccc(F)cc1. The van der Waals surface area contributed by atoms with Gasteiger partial charge in [-0.1, -0.05) is 31.4 Å². The van der Waals surface area contributed by atoms with E-state index in [1.807, 2.05) is 11.9 Å². The Balaban J connectivity index is 1.78. The van der Waals surface area contributed by atoms with E-state index in [9.17, 15) is 9.18 Å². The third-order valence-electron chi connectivity index (χ3n) is 4.28. The summed E-state index contributed by atoms with van der Waals surface area (Å²) >= 11 is 0. The number of carbonyl (C=O) groups is 1. The standard InChI is InChI=1S/C18H27FN4O/c1-20-18(23(2)13-14-8-10-15(19)11-9-14)21-12-17(24)22-16-6-4-3-5-7-16/h8-11,16H,3-7,12-13H2,1-2H3,(H,20,21)(H,22,24). The highest BCUT2D eigenvalue weighted by molar-refractivity contribution is 5.86. The summed E-state index contributed by atoms with van der Waals surface area (Å²) in [6.07, 6.45) is 5.81. The minimum Gasteiger partial charge on any atom is -0.352 e.